The van der Waals surface area contributed by atoms with Crippen molar-refractivity contribution in [1.82, 2.24) is 15.1 Å². The molecule has 1 amide bonds. The van der Waals surface area contributed by atoms with Crippen LogP contribution in [-0.4, -0.2) is 40.9 Å². The fraction of sp³-hybridized carbons (Fsp3) is 0.304. The molecular formula is C23H24F2N4O5. The fourth-order valence-electron chi connectivity index (χ4n) is 3.52. The number of benzene rings is 2. The Morgan fingerprint density at radius 3 is 2.41 bits per heavy atom. The second-order valence-corrected chi connectivity index (χ2v) is 7.50. The predicted octanol–water partition coefficient (Wildman–Crippen LogP) is 4.04. The van der Waals surface area contributed by atoms with E-state index in [1.807, 2.05) is 0 Å². The second kappa shape index (κ2) is 10.7. The molecule has 2 aromatic carbocycles. The number of hydrogen-bond acceptors (Lipinski definition) is 6. The number of methoxy groups -OCH3 is 1. The smallest absolute Gasteiger partial charge is 0.387 e. The number of halogens is 2. The zero-order valence-electron chi connectivity index (χ0n) is 18.9. The molecule has 11 heteroatoms. The number of nitrogens with zero attached hydrogens (tertiary/aromatic N) is 3. The molecule has 1 aromatic heterocycles. The maximum Gasteiger partial charge on any atom is 0.387 e. The molecule has 0 bridgehead atoms. The van der Waals surface area contributed by atoms with Crippen LogP contribution >= 0.6 is 0 Å². The third kappa shape index (κ3) is 5.85. The monoisotopic (exact) mass is 474 g/mol. The van der Waals surface area contributed by atoms with Gasteiger partial charge in [-0.2, -0.15) is 13.9 Å². The first-order chi connectivity index (χ1) is 16.2. The highest BCUT2D eigenvalue weighted by Crippen LogP contribution is 2.29. The average molecular weight is 474 g/mol. The molecule has 1 N–H and O–H groups in total. The number of aryl methyl sites for hydroxylation is 1. The van der Waals surface area contributed by atoms with E-state index >= 15 is 0 Å². The summed E-state index contributed by atoms with van der Waals surface area (Å²) in [4.78, 5) is 23.2. The van der Waals surface area contributed by atoms with Crippen molar-refractivity contribution in [3.05, 3.63) is 80.7 Å². The first-order valence-corrected chi connectivity index (χ1v) is 10.4. The lowest BCUT2D eigenvalue weighted by Crippen LogP contribution is -2.25. The van der Waals surface area contributed by atoms with E-state index in [4.69, 9.17) is 4.74 Å². The lowest BCUT2D eigenvalue weighted by Gasteiger charge is -2.12. The van der Waals surface area contributed by atoms with Crippen LogP contribution < -0.4 is 14.8 Å². The summed E-state index contributed by atoms with van der Waals surface area (Å²) in [5.41, 5.74) is 2.91. The Labute approximate surface area is 194 Å². The highest BCUT2D eigenvalue weighted by Gasteiger charge is 2.21. The normalized spacial score (nSPS) is 10.9. The molecule has 1 heterocycles. The van der Waals surface area contributed by atoms with E-state index in [1.165, 1.54) is 13.2 Å². The molecule has 3 rings (SSSR count). The Bertz CT molecular complexity index is 1180. The third-order valence-electron chi connectivity index (χ3n) is 5.22. The van der Waals surface area contributed by atoms with Gasteiger partial charge in [-0.15, -0.1) is 0 Å². The van der Waals surface area contributed by atoms with Crippen LogP contribution in [0.5, 0.6) is 11.5 Å². The maximum absolute atomic E-state index is 12.4. The van der Waals surface area contributed by atoms with Crippen LogP contribution in [0, 0.1) is 24.0 Å². The number of alkyl halides is 2. The largest absolute Gasteiger partial charge is 0.493 e. The molecule has 0 saturated heterocycles. The van der Waals surface area contributed by atoms with E-state index in [2.05, 4.69) is 15.2 Å². The summed E-state index contributed by atoms with van der Waals surface area (Å²) in [6.07, 6.45) is 0.464. The Kier molecular flexibility index (Phi) is 7.77. The van der Waals surface area contributed by atoms with Gasteiger partial charge in [0, 0.05) is 12.1 Å². The van der Waals surface area contributed by atoms with Gasteiger partial charge in [-0.3, -0.25) is 19.6 Å². The molecule has 0 aliphatic heterocycles. The van der Waals surface area contributed by atoms with Crippen molar-refractivity contribution in [2.24, 2.45) is 0 Å². The van der Waals surface area contributed by atoms with Crippen molar-refractivity contribution in [2.75, 3.05) is 13.7 Å². The molecule has 34 heavy (non-hydrogen) atoms. The molecule has 0 aliphatic carbocycles. The molecule has 0 aliphatic rings. The van der Waals surface area contributed by atoms with E-state index in [0.29, 0.717) is 36.5 Å². The van der Waals surface area contributed by atoms with E-state index in [0.717, 1.165) is 11.1 Å². The molecule has 0 unspecified atom stereocenters. The standard InChI is InChI=1S/C23H24F2N4O5/c1-14-21(29(31)32)15(2)28(27-14)13-17-4-7-18(8-5-17)22(30)26-11-10-16-6-9-19(34-23(24)25)20(12-16)33-3/h4-9,12,23H,10-11,13H2,1-3H3,(H,26,30). The van der Waals surface area contributed by atoms with Crippen LogP contribution in [0.2, 0.25) is 0 Å². The van der Waals surface area contributed by atoms with Gasteiger partial charge >= 0.3 is 12.3 Å². The number of nitrogens with one attached hydrogen (secondary N) is 1. The van der Waals surface area contributed by atoms with Crippen LogP contribution in [0.3, 0.4) is 0 Å². The molecule has 0 atom stereocenters. The van der Waals surface area contributed by atoms with Gasteiger partial charge in [0.1, 0.15) is 11.4 Å². The van der Waals surface area contributed by atoms with Crippen LogP contribution in [0.25, 0.3) is 0 Å². The fourth-order valence-corrected chi connectivity index (χ4v) is 3.52. The molecule has 9 nitrogen and oxygen atoms in total. The van der Waals surface area contributed by atoms with E-state index in [-0.39, 0.29) is 23.1 Å². The van der Waals surface area contributed by atoms with E-state index in [1.54, 1.807) is 54.9 Å². The van der Waals surface area contributed by atoms with Crippen molar-refractivity contribution in [3.8, 4) is 11.5 Å². The van der Waals surface area contributed by atoms with Gasteiger partial charge in [-0.05, 0) is 55.7 Å². The summed E-state index contributed by atoms with van der Waals surface area (Å²) in [5.74, 6) is -0.133. The summed E-state index contributed by atoms with van der Waals surface area (Å²) >= 11 is 0. The van der Waals surface area contributed by atoms with Crippen LogP contribution in [0.4, 0.5) is 14.5 Å². The van der Waals surface area contributed by atoms with Gasteiger partial charge < -0.3 is 14.8 Å². The Balaban J connectivity index is 1.56. The molecule has 180 valence electrons. The third-order valence-corrected chi connectivity index (χ3v) is 5.22. The zero-order chi connectivity index (χ0) is 24.8. The predicted molar refractivity (Wildman–Crippen MR) is 120 cm³/mol. The van der Waals surface area contributed by atoms with Gasteiger partial charge in [0.15, 0.2) is 11.5 Å². The van der Waals surface area contributed by atoms with Crippen molar-refractivity contribution < 1.29 is 28.0 Å². The number of carbonyl (C=O) groups is 1. The number of nitro groups is 1. The number of hydrogen-bond donors (Lipinski definition) is 1. The van der Waals surface area contributed by atoms with E-state index < -0.39 is 11.5 Å². The quantitative estimate of drug-likeness (QED) is 0.351. The molecule has 0 radical (unpaired) electrons. The first-order valence-electron chi connectivity index (χ1n) is 10.4. The van der Waals surface area contributed by atoms with Gasteiger partial charge in [-0.1, -0.05) is 18.2 Å². The second-order valence-electron chi connectivity index (χ2n) is 7.50. The summed E-state index contributed by atoms with van der Waals surface area (Å²) in [5, 5.41) is 18.2. The number of rotatable bonds is 10. The molecule has 0 spiro atoms. The van der Waals surface area contributed by atoms with Gasteiger partial charge in [-0.25, -0.2) is 0 Å². The van der Waals surface area contributed by atoms with Crippen LogP contribution in [0.15, 0.2) is 42.5 Å². The van der Waals surface area contributed by atoms with Gasteiger partial charge in [0.2, 0.25) is 0 Å². The Hall–Kier alpha value is -4.02. The minimum Gasteiger partial charge on any atom is -0.493 e. The minimum atomic E-state index is -2.95. The van der Waals surface area contributed by atoms with Gasteiger partial charge in [0.25, 0.3) is 5.91 Å². The molecule has 3 aromatic rings. The Morgan fingerprint density at radius 2 is 1.82 bits per heavy atom. The van der Waals surface area contributed by atoms with Crippen molar-refractivity contribution >= 4 is 11.6 Å². The lowest BCUT2D eigenvalue weighted by atomic mass is 10.1. The first kappa shape index (κ1) is 24.6. The van der Waals surface area contributed by atoms with E-state index in [9.17, 15) is 23.7 Å². The highest BCUT2D eigenvalue weighted by atomic mass is 19.3. The summed E-state index contributed by atoms with van der Waals surface area (Å²) < 4.78 is 35.9. The maximum atomic E-state index is 12.4. The average Bonchev–Trinajstić information content (AvgIpc) is 3.07. The van der Waals surface area contributed by atoms with Gasteiger partial charge in [0.05, 0.1) is 18.6 Å². The molecule has 0 saturated carbocycles. The van der Waals surface area contributed by atoms with Crippen LogP contribution in [0.1, 0.15) is 32.9 Å². The summed E-state index contributed by atoms with van der Waals surface area (Å²) in [6, 6.07) is 11.5. The number of aromatic nitrogens is 2. The Morgan fingerprint density at radius 1 is 1.15 bits per heavy atom. The number of ether oxygens (including phenoxy) is 2. The number of amides is 1. The zero-order valence-corrected chi connectivity index (χ0v) is 18.9. The SMILES string of the molecule is COc1cc(CCNC(=O)c2ccc(Cn3nc(C)c([N+](=O)[O-])c3C)cc2)ccc1OC(F)F. The minimum absolute atomic E-state index is 0.00445. The highest BCUT2D eigenvalue weighted by molar-refractivity contribution is 5.94. The topological polar surface area (TPSA) is 109 Å². The lowest BCUT2D eigenvalue weighted by molar-refractivity contribution is -0.386. The van der Waals surface area contributed by atoms with Crippen molar-refractivity contribution in [3.63, 3.8) is 0 Å². The summed E-state index contributed by atoms with van der Waals surface area (Å²) in [7, 11) is 1.36. The van der Waals surface area contributed by atoms with Crippen molar-refractivity contribution in [1.29, 1.82) is 0 Å². The molecule has 0 fully saturated rings. The number of carbonyl (C=O) groups excluding carboxylic acids is 1. The van der Waals surface area contributed by atoms with Crippen LogP contribution in [-0.2, 0) is 13.0 Å². The molecular weight excluding hydrogens is 450 g/mol. The van der Waals surface area contributed by atoms with Crippen molar-refractivity contribution in [2.45, 2.75) is 33.4 Å². The summed E-state index contributed by atoms with van der Waals surface area (Å²) in [6.45, 7) is 0.964.